The Morgan fingerprint density at radius 3 is 2.63 bits per heavy atom. The van der Waals surface area contributed by atoms with Gasteiger partial charge in [-0.15, -0.1) is 22.7 Å². The number of nitrogens with one attached hydrogen (secondary N) is 1. The highest BCUT2D eigenvalue weighted by Gasteiger charge is 2.27. The predicted octanol–water partition coefficient (Wildman–Crippen LogP) is 5.67. The lowest BCUT2D eigenvalue weighted by molar-refractivity contribution is 0.104. The van der Waals surface area contributed by atoms with Crippen LogP contribution in [-0.4, -0.2) is 11.9 Å². The van der Waals surface area contributed by atoms with Crippen molar-refractivity contribution in [3.8, 4) is 0 Å². The minimum atomic E-state index is -0.530. The van der Waals surface area contributed by atoms with Crippen LogP contribution in [0.1, 0.15) is 44.1 Å². The first-order valence-corrected chi connectivity index (χ1v) is 10.6. The number of amides is 1. The smallest absolute Gasteiger partial charge is 0.412 e. The molecule has 1 aliphatic carbocycles. The minimum absolute atomic E-state index is 0.0113. The molecular formula is C21H19NO3S2. The third-order valence-electron chi connectivity index (χ3n) is 4.57. The molecule has 4 rings (SSSR count). The van der Waals surface area contributed by atoms with Crippen molar-refractivity contribution in [2.45, 2.75) is 32.3 Å². The maximum absolute atomic E-state index is 13.0. The number of rotatable bonds is 5. The first-order valence-electron chi connectivity index (χ1n) is 8.93. The van der Waals surface area contributed by atoms with Gasteiger partial charge in [-0.3, -0.25) is 10.1 Å². The van der Waals surface area contributed by atoms with Crippen molar-refractivity contribution in [1.29, 1.82) is 0 Å². The average Bonchev–Trinajstić information content (AvgIpc) is 3.34. The van der Waals surface area contributed by atoms with E-state index < -0.39 is 6.09 Å². The molecule has 0 unspecified atom stereocenters. The van der Waals surface area contributed by atoms with Crippen LogP contribution in [0, 0.1) is 0 Å². The SMILES string of the molecule is O=C(Nc1sc2c(c1C(=O)c1cccs1)CCCC2)OCc1ccccc1. The van der Waals surface area contributed by atoms with Gasteiger partial charge in [0.1, 0.15) is 11.6 Å². The van der Waals surface area contributed by atoms with Crippen molar-refractivity contribution in [3.63, 3.8) is 0 Å². The monoisotopic (exact) mass is 397 g/mol. The molecule has 0 saturated carbocycles. The topological polar surface area (TPSA) is 55.4 Å². The fourth-order valence-electron chi connectivity index (χ4n) is 3.28. The Bertz CT molecular complexity index is 945. The third kappa shape index (κ3) is 3.96. The van der Waals surface area contributed by atoms with Crippen molar-refractivity contribution >= 4 is 39.6 Å². The summed E-state index contributed by atoms with van der Waals surface area (Å²) in [5, 5.41) is 5.33. The minimum Gasteiger partial charge on any atom is -0.444 e. The van der Waals surface area contributed by atoms with Crippen LogP contribution in [0.15, 0.2) is 47.8 Å². The fourth-order valence-corrected chi connectivity index (χ4v) is 5.22. The summed E-state index contributed by atoms with van der Waals surface area (Å²) in [7, 11) is 0. The second-order valence-electron chi connectivity index (χ2n) is 6.41. The summed E-state index contributed by atoms with van der Waals surface area (Å²) in [5.74, 6) is -0.0113. The molecule has 4 nitrogen and oxygen atoms in total. The number of benzene rings is 1. The Morgan fingerprint density at radius 2 is 1.85 bits per heavy atom. The first-order chi connectivity index (χ1) is 13.2. The quantitative estimate of drug-likeness (QED) is 0.565. The zero-order valence-corrected chi connectivity index (χ0v) is 16.3. The van der Waals surface area contributed by atoms with Crippen LogP contribution >= 0.6 is 22.7 Å². The van der Waals surface area contributed by atoms with E-state index in [1.54, 1.807) is 0 Å². The highest BCUT2D eigenvalue weighted by atomic mass is 32.1. The number of fused-ring (bicyclic) bond motifs is 1. The summed E-state index contributed by atoms with van der Waals surface area (Å²) in [6.07, 6.45) is 3.52. The molecule has 0 aliphatic heterocycles. The summed E-state index contributed by atoms with van der Waals surface area (Å²) in [6.45, 7) is 0.200. The molecule has 3 aromatic rings. The van der Waals surface area contributed by atoms with E-state index >= 15 is 0 Å². The van der Waals surface area contributed by atoms with Gasteiger partial charge in [0.2, 0.25) is 5.78 Å². The molecule has 138 valence electrons. The van der Waals surface area contributed by atoms with E-state index in [1.807, 2.05) is 47.8 Å². The van der Waals surface area contributed by atoms with Crippen LogP contribution in [0.25, 0.3) is 0 Å². The maximum Gasteiger partial charge on any atom is 0.412 e. The highest BCUT2D eigenvalue weighted by Crippen LogP contribution is 2.39. The maximum atomic E-state index is 13.0. The van der Waals surface area contributed by atoms with Gasteiger partial charge in [0, 0.05) is 4.88 Å². The Hall–Kier alpha value is -2.44. The van der Waals surface area contributed by atoms with Gasteiger partial charge < -0.3 is 4.74 Å². The number of aryl methyl sites for hydroxylation is 1. The second-order valence-corrected chi connectivity index (χ2v) is 8.46. The second kappa shape index (κ2) is 8.06. The van der Waals surface area contributed by atoms with E-state index in [1.165, 1.54) is 27.6 Å². The van der Waals surface area contributed by atoms with Crippen LogP contribution < -0.4 is 5.32 Å². The highest BCUT2D eigenvalue weighted by molar-refractivity contribution is 7.17. The molecule has 0 spiro atoms. The zero-order valence-electron chi connectivity index (χ0n) is 14.7. The van der Waals surface area contributed by atoms with Gasteiger partial charge in [-0.2, -0.15) is 0 Å². The molecule has 0 bridgehead atoms. The van der Waals surface area contributed by atoms with E-state index in [2.05, 4.69) is 5.32 Å². The van der Waals surface area contributed by atoms with Crippen molar-refractivity contribution in [1.82, 2.24) is 0 Å². The van der Waals surface area contributed by atoms with Gasteiger partial charge in [0.25, 0.3) is 0 Å². The number of ether oxygens (including phenoxy) is 1. The van der Waals surface area contributed by atoms with Crippen molar-refractivity contribution in [2.75, 3.05) is 5.32 Å². The van der Waals surface area contributed by atoms with Gasteiger partial charge in [0.05, 0.1) is 10.4 Å². The Balaban J connectivity index is 1.55. The molecule has 27 heavy (non-hydrogen) atoms. The Morgan fingerprint density at radius 1 is 1.04 bits per heavy atom. The van der Waals surface area contributed by atoms with Crippen LogP contribution in [0.2, 0.25) is 0 Å². The molecule has 6 heteroatoms. The zero-order chi connectivity index (χ0) is 18.6. The standard InChI is InChI=1S/C21H19NO3S2/c23-19(17-11-6-12-26-17)18-15-9-4-5-10-16(15)27-20(18)22-21(24)25-13-14-7-2-1-3-8-14/h1-3,6-8,11-12H,4-5,9-10,13H2,(H,22,24). The van der Waals surface area contributed by atoms with Gasteiger partial charge in [0.15, 0.2) is 0 Å². The number of anilines is 1. The molecule has 2 heterocycles. The summed E-state index contributed by atoms with van der Waals surface area (Å²) >= 11 is 2.94. The first kappa shape index (κ1) is 17.9. The number of hydrogen-bond donors (Lipinski definition) is 1. The summed E-state index contributed by atoms with van der Waals surface area (Å²) < 4.78 is 5.34. The lowest BCUT2D eigenvalue weighted by atomic mass is 9.93. The van der Waals surface area contributed by atoms with Crippen LogP contribution in [0.5, 0.6) is 0 Å². The third-order valence-corrected chi connectivity index (χ3v) is 6.65. The number of thiophene rings is 2. The van der Waals surface area contributed by atoms with Gasteiger partial charge >= 0.3 is 6.09 Å². The molecule has 2 aromatic heterocycles. The predicted molar refractivity (Wildman–Crippen MR) is 109 cm³/mol. The summed E-state index contributed by atoms with van der Waals surface area (Å²) in [6, 6.07) is 13.2. The Labute approximate surface area is 165 Å². The fraction of sp³-hybridized carbons (Fsp3) is 0.238. The molecule has 1 N–H and O–H groups in total. The summed E-state index contributed by atoms with van der Waals surface area (Å²) in [5.41, 5.74) is 2.67. The number of carbonyl (C=O) groups excluding carboxylic acids is 2. The molecule has 0 saturated heterocycles. The number of hydrogen-bond acceptors (Lipinski definition) is 5. The van der Waals surface area contributed by atoms with Crippen molar-refractivity contribution in [3.05, 3.63) is 74.3 Å². The van der Waals surface area contributed by atoms with Gasteiger partial charge in [-0.1, -0.05) is 36.4 Å². The van der Waals surface area contributed by atoms with E-state index in [9.17, 15) is 9.59 Å². The Kier molecular flexibility index (Phi) is 5.36. The molecule has 1 aliphatic rings. The molecule has 0 radical (unpaired) electrons. The molecule has 0 atom stereocenters. The van der Waals surface area contributed by atoms with Crippen molar-refractivity contribution < 1.29 is 14.3 Å². The average molecular weight is 398 g/mol. The van der Waals surface area contributed by atoms with Crippen LogP contribution in [-0.2, 0) is 24.2 Å². The summed E-state index contributed by atoms with van der Waals surface area (Å²) in [4.78, 5) is 27.3. The molecule has 0 fully saturated rings. The van der Waals surface area contributed by atoms with Crippen LogP contribution in [0.4, 0.5) is 9.80 Å². The molecule has 1 amide bonds. The molecular weight excluding hydrogens is 378 g/mol. The largest absolute Gasteiger partial charge is 0.444 e. The van der Waals surface area contributed by atoms with E-state index in [4.69, 9.17) is 4.74 Å². The number of ketones is 1. The van der Waals surface area contributed by atoms with E-state index in [0.29, 0.717) is 15.4 Å². The van der Waals surface area contributed by atoms with Crippen LogP contribution in [0.3, 0.4) is 0 Å². The van der Waals surface area contributed by atoms with E-state index in [-0.39, 0.29) is 12.4 Å². The molecule has 1 aromatic carbocycles. The lowest BCUT2D eigenvalue weighted by Gasteiger charge is -2.12. The van der Waals surface area contributed by atoms with Gasteiger partial charge in [-0.25, -0.2) is 4.79 Å². The number of carbonyl (C=O) groups is 2. The van der Waals surface area contributed by atoms with E-state index in [0.717, 1.165) is 36.8 Å². The van der Waals surface area contributed by atoms with Crippen molar-refractivity contribution in [2.24, 2.45) is 0 Å². The van der Waals surface area contributed by atoms with Gasteiger partial charge in [-0.05, 0) is 48.3 Å². The normalized spacial score (nSPS) is 13.0. The lowest BCUT2D eigenvalue weighted by Crippen LogP contribution is -2.15.